The molecule has 2 aromatic carbocycles. The number of hydrogen-bond donors (Lipinski definition) is 0. The van der Waals surface area contributed by atoms with E-state index in [0.29, 0.717) is 0 Å². The lowest BCUT2D eigenvalue weighted by Crippen LogP contribution is -1.94. The third kappa shape index (κ3) is 3.97. The minimum absolute atomic E-state index is 0.740. The lowest BCUT2D eigenvalue weighted by atomic mass is 10.1. The van der Waals surface area contributed by atoms with Gasteiger partial charge in [0.05, 0.1) is 28.4 Å². The molecular formula is C21H24O4. The molecule has 0 aromatic heterocycles. The molecule has 0 aliphatic heterocycles. The molecule has 2 aromatic rings. The highest BCUT2D eigenvalue weighted by molar-refractivity contribution is 5.78. The van der Waals surface area contributed by atoms with Crippen LogP contribution in [0, 0.1) is 6.92 Å². The maximum atomic E-state index is 5.49. The molecule has 4 nitrogen and oxygen atoms in total. The molecular weight excluding hydrogens is 316 g/mol. The second-order valence-corrected chi connectivity index (χ2v) is 5.44. The van der Waals surface area contributed by atoms with Gasteiger partial charge in [0.25, 0.3) is 0 Å². The van der Waals surface area contributed by atoms with Crippen LogP contribution in [0.3, 0.4) is 0 Å². The molecule has 0 saturated heterocycles. The van der Waals surface area contributed by atoms with E-state index in [0.717, 1.165) is 45.3 Å². The average molecular weight is 340 g/mol. The molecule has 0 fully saturated rings. The van der Waals surface area contributed by atoms with Crippen LogP contribution in [-0.2, 0) is 0 Å². The first-order chi connectivity index (χ1) is 12.1. The van der Waals surface area contributed by atoms with Gasteiger partial charge in [-0.05, 0) is 36.8 Å². The van der Waals surface area contributed by atoms with Gasteiger partial charge in [-0.15, -0.1) is 0 Å². The second kappa shape index (κ2) is 8.29. The lowest BCUT2D eigenvalue weighted by Gasteiger charge is -2.12. The van der Waals surface area contributed by atoms with E-state index in [1.165, 1.54) is 0 Å². The molecule has 2 rings (SSSR count). The number of aryl methyl sites for hydroxylation is 1. The number of benzene rings is 2. The zero-order chi connectivity index (χ0) is 18.4. The van der Waals surface area contributed by atoms with Gasteiger partial charge < -0.3 is 18.9 Å². The first kappa shape index (κ1) is 18.5. The Hall–Kier alpha value is -2.88. The molecule has 0 bridgehead atoms. The predicted molar refractivity (Wildman–Crippen MR) is 103 cm³/mol. The molecule has 0 heterocycles. The van der Waals surface area contributed by atoms with E-state index in [2.05, 4.69) is 6.58 Å². The van der Waals surface area contributed by atoms with Crippen LogP contribution in [0.25, 0.3) is 18.2 Å². The minimum Gasteiger partial charge on any atom is -0.496 e. The quantitative estimate of drug-likeness (QED) is 0.676. The van der Waals surface area contributed by atoms with Crippen molar-refractivity contribution in [3.63, 3.8) is 0 Å². The van der Waals surface area contributed by atoms with Gasteiger partial charge in [-0.3, -0.25) is 0 Å². The van der Waals surface area contributed by atoms with Crippen LogP contribution < -0.4 is 18.9 Å². The average Bonchev–Trinajstić information content (AvgIpc) is 2.65. The van der Waals surface area contributed by atoms with Crippen molar-refractivity contribution in [3.05, 3.63) is 53.1 Å². The van der Waals surface area contributed by atoms with Crippen molar-refractivity contribution in [1.82, 2.24) is 0 Å². The predicted octanol–water partition coefficient (Wildman–Crippen LogP) is 4.84. The van der Waals surface area contributed by atoms with Gasteiger partial charge in [0, 0.05) is 16.7 Å². The highest BCUT2D eigenvalue weighted by Gasteiger charge is 2.09. The molecule has 0 radical (unpaired) electrons. The van der Waals surface area contributed by atoms with Gasteiger partial charge in [-0.1, -0.05) is 24.8 Å². The van der Waals surface area contributed by atoms with E-state index in [-0.39, 0.29) is 0 Å². The van der Waals surface area contributed by atoms with Crippen LogP contribution in [0.5, 0.6) is 23.0 Å². The summed E-state index contributed by atoms with van der Waals surface area (Å²) in [6, 6.07) is 7.73. The number of ether oxygens (including phenoxy) is 4. The third-order valence-electron chi connectivity index (χ3n) is 3.99. The second-order valence-electron chi connectivity index (χ2n) is 5.44. The summed E-state index contributed by atoms with van der Waals surface area (Å²) >= 11 is 0. The summed E-state index contributed by atoms with van der Waals surface area (Å²) in [4.78, 5) is 0. The number of rotatable bonds is 7. The third-order valence-corrected chi connectivity index (χ3v) is 3.99. The zero-order valence-corrected chi connectivity index (χ0v) is 15.4. The maximum Gasteiger partial charge on any atom is 0.126 e. The van der Waals surface area contributed by atoms with Crippen molar-refractivity contribution in [2.45, 2.75) is 6.92 Å². The first-order valence-corrected chi connectivity index (χ1v) is 7.87. The SMILES string of the molecule is C=Cc1cc(OC)c(/C=C/c2cc(OC)c(C)cc2OC)cc1OC. The first-order valence-electron chi connectivity index (χ1n) is 7.87. The Balaban J connectivity index is 2.50. The fourth-order valence-corrected chi connectivity index (χ4v) is 2.62. The molecule has 132 valence electrons. The summed E-state index contributed by atoms with van der Waals surface area (Å²) < 4.78 is 21.8. The topological polar surface area (TPSA) is 36.9 Å². The molecule has 0 N–H and O–H groups in total. The smallest absolute Gasteiger partial charge is 0.126 e. The Morgan fingerprint density at radius 1 is 0.640 bits per heavy atom. The van der Waals surface area contributed by atoms with Crippen molar-refractivity contribution < 1.29 is 18.9 Å². The van der Waals surface area contributed by atoms with Crippen LogP contribution >= 0.6 is 0 Å². The Labute approximate surface area is 149 Å². The van der Waals surface area contributed by atoms with Crippen LogP contribution in [0.1, 0.15) is 22.3 Å². The van der Waals surface area contributed by atoms with Crippen LogP contribution in [0.2, 0.25) is 0 Å². The molecule has 0 unspecified atom stereocenters. The Morgan fingerprint density at radius 3 is 1.52 bits per heavy atom. The lowest BCUT2D eigenvalue weighted by molar-refractivity contribution is 0.399. The Kier molecular flexibility index (Phi) is 6.12. The van der Waals surface area contributed by atoms with Crippen molar-refractivity contribution >= 4 is 18.2 Å². The van der Waals surface area contributed by atoms with Crippen LogP contribution in [-0.4, -0.2) is 28.4 Å². The monoisotopic (exact) mass is 340 g/mol. The maximum absolute atomic E-state index is 5.49. The molecule has 0 aliphatic carbocycles. The van der Waals surface area contributed by atoms with E-state index in [1.54, 1.807) is 34.5 Å². The summed E-state index contributed by atoms with van der Waals surface area (Å²) in [7, 11) is 6.59. The van der Waals surface area contributed by atoms with Crippen LogP contribution in [0.15, 0.2) is 30.8 Å². The van der Waals surface area contributed by atoms with Crippen molar-refractivity contribution in [2.24, 2.45) is 0 Å². The largest absolute Gasteiger partial charge is 0.496 e. The van der Waals surface area contributed by atoms with Gasteiger partial charge in [0.2, 0.25) is 0 Å². The summed E-state index contributed by atoms with van der Waals surface area (Å²) in [5.74, 6) is 3.07. The Morgan fingerprint density at radius 2 is 1.04 bits per heavy atom. The van der Waals surface area contributed by atoms with Crippen molar-refractivity contribution in [1.29, 1.82) is 0 Å². The van der Waals surface area contributed by atoms with Gasteiger partial charge in [0.1, 0.15) is 23.0 Å². The van der Waals surface area contributed by atoms with Crippen molar-refractivity contribution in [2.75, 3.05) is 28.4 Å². The van der Waals surface area contributed by atoms with Crippen molar-refractivity contribution in [3.8, 4) is 23.0 Å². The van der Waals surface area contributed by atoms with E-state index >= 15 is 0 Å². The summed E-state index contributed by atoms with van der Waals surface area (Å²) in [5, 5.41) is 0. The highest BCUT2D eigenvalue weighted by atomic mass is 16.5. The van der Waals surface area contributed by atoms with E-state index in [1.807, 2.05) is 43.3 Å². The standard InChI is InChI=1S/C21H24O4/c1-7-15-11-21(25-6)17(13-20(15)24-5)9-8-16-12-18(22-3)14(2)10-19(16)23-4/h7-13H,1H2,2-6H3/b9-8+. The molecule has 4 heteroatoms. The van der Waals surface area contributed by atoms with Gasteiger partial charge in [-0.2, -0.15) is 0 Å². The van der Waals surface area contributed by atoms with Crippen LogP contribution in [0.4, 0.5) is 0 Å². The summed E-state index contributed by atoms with van der Waals surface area (Å²) in [6.07, 6.45) is 5.66. The van der Waals surface area contributed by atoms with E-state index in [4.69, 9.17) is 18.9 Å². The molecule has 25 heavy (non-hydrogen) atoms. The van der Waals surface area contributed by atoms with Gasteiger partial charge >= 0.3 is 0 Å². The molecule has 0 spiro atoms. The minimum atomic E-state index is 0.740. The molecule has 0 atom stereocenters. The number of methoxy groups -OCH3 is 4. The highest BCUT2D eigenvalue weighted by Crippen LogP contribution is 2.33. The fourth-order valence-electron chi connectivity index (χ4n) is 2.62. The normalized spacial score (nSPS) is 10.6. The van der Waals surface area contributed by atoms with Gasteiger partial charge in [-0.25, -0.2) is 0 Å². The molecule has 0 saturated carbocycles. The fraction of sp³-hybridized carbons (Fsp3) is 0.238. The zero-order valence-electron chi connectivity index (χ0n) is 15.4. The molecule has 0 aliphatic rings. The number of hydrogen-bond acceptors (Lipinski definition) is 4. The van der Waals surface area contributed by atoms with Gasteiger partial charge in [0.15, 0.2) is 0 Å². The Bertz CT molecular complexity index is 791. The summed E-state index contributed by atoms with van der Waals surface area (Å²) in [6.45, 7) is 5.79. The molecule has 0 amide bonds. The van der Waals surface area contributed by atoms with E-state index < -0.39 is 0 Å². The van der Waals surface area contributed by atoms with E-state index in [9.17, 15) is 0 Å². The summed E-state index contributed by atoms with van der Waals surface area (Å²) in [5.41, 5.74) is 3.71.